The van der Waals surface area contributed by atoms with Gasteiger partial charge in [0, 0.05) is 20.9 Å². The zero-order chi connectivity index (χ0) is 27.8. The Balaban J connectivity index is 1.39. The number of oxime groups is 1. The van der Waals surface area contributed by atoms with Crippen LogP contribution in [0, 0.1) is 6.92 Å². The first-order valence-corrected chi connectivity index (χ1v) is 14.7. The van der Waals surface area contributed by atoms with Gasteiger partial charge in [-0.1, -0.05) is 86.4 Å². The lowest BCUT2D eigenvalue weighted by Gasteiger charge is -2.42. The van der Waals surface area contributed by atoms with Crippen molar-refractivity contribution in [1.82, 2.24) is 4.90 Å². The van der Waals surface area contributed by atoms with Gasteiger partial charge in [-0.3, -0.25) is 9.69 Å². The first-order chi connectivity index (χ1) is 18.9. The lowest BCUT2D eigenvalue weighted by molar-refractivity contribution is -0.161. The Labute approximate surface area is 236 Å². The number of likely N-dealkylation sites (N-methyl/N-ethyl adjacent to an activating group) is 1. The van der Waals surface area contributed by atoms with Crippen LogP contribution in [0.25, 0.3) is 0 Å². The molecule has 3 aromatic rings. The van der Waals surface area contributed by atoms with E-state index in [0.717, 1.165) is 65.3 Å². The normalized spacial score (nSPS) is 15.3. The summed E-state index contributed by atoms with van der Waals surface area (Å²) in [5.41, 5.74) is 3.41. The molecule has 0 amide bonds. The van der Waals surface area contributed by atoms with Crippen molar-refractivity contribution in [2.75, 3.05) is 13.1 Å². The monoisotopic (exact) mass is 542 g/mol. The van der Waals surface area contributed by atoms with Gasteiger partial charge in [-0.15, -0.1) is 0 Å². The van der Waals surface area contributed by atoms with Crippen molar-refractivity contribution >= 4 is 29.2 Å². The van der Waals surface area contributed by atoms with E-state index >= 15 is 0 Å². The fraction of sp³-hybridized carbons (Fsp3) is 0.364. The Hall–Kier alpha value is -3.22. The van der Waals surface area contributed by atoms with Gasteiger partial charge in [0.2, 0.25) is 0 Å². The van der Waals surface area contributed by atoms with Crippen LogP contribution < -0.4 is 0 Å². The van der Waals surface area contributed by atoms with Crippen LogP contribution in [0.2, 0.25) is 0 Å². The molecule has 5 nitrogen and oxygen atoms in total. The van der Waals surface area contributed by atoms with Gasteiger partial charge in [0.15, 0.2) is 5.78 Å². The second-order valence-electron chi connectivity index (χ2n) is 10.1. The Morgan fingerprint density at radius 3 is 1.97 bits per heavy atom. The minimum atomic E-state index is -0.563. The second-order valence-corrected chi connectivity index (χ2v) is 11.3. The van der Waals surface area contributed by atoms with Crippen molar-refractivity contribution in [3.8, 4) is 0 Å². The van der Waals surface area contributed by atoms with Gasteiger partial charge in [-0.2, -0.15) is 0 Å². The quantitative estimate of drug-likeness (QED) is 0.114. The molecule has 0 atom stereocenters. The first kappa shape index (κ1) is 28.8. The molecule has 1 aliphatic rings. The molecular weight excluding hydrogens is 504 g/mol. The summed E-state index contributed by atoms with van der Waals surface area (Å²) in [5.74, 6) is -0.197. The average Bonchev–Trinajstić information content (AvgIpc) is 2.97. The zero-order valence-electron chi connectivity index (χ0n) is 23.4. The lowest BCUT2D eigenvalue weighted by Crippen LogP contribution is -2.56. The molecule has 1 fully saturated rings. The Morgan fingerprint density at radius 2 is 1.41 bits per heavy atom. The largest absolute Gasteiger partial charge is 0.355 e. The molecule has 0 saturated heterocycles. The summed E-state index contributed by atoms with van der Waals surface area (Å²) in [6.45, 7) is 9.65. The molecule has 0 heterocycles. The van der Waals surface area contributed by atoms with E-state index in [1.54, 1.807) is 11.8 Å². The molecule has 1 aliphatic carbocycles. The van der Waals surface area contributed by atoms with Crippen molar-refractivity contribution in [2.45, 2.75) is 75.1 Å². The number of nitrogens with zero attached hydrogens (tertiary/aromatic N) is 2. The SMILES string of the molecule is CCN(CC)C1(C(=O)ON=C(C)c2ccc(Sc3ccc(C(=O)c4ccccc4C)cc3)cc2)CCCCC1. The molecule has 0 unspecified atom stereocenters. The molecule has 0 aliphatic heterocycles. The average molecular weight is 543 g/mol. The molecular formula is C33H38N2O3S. The van der Waals surface area contributed by atoms with Gasteiger partial charge >= 0.3 is 5.97 Å². The molecule has 204 valence electrons. The van der Waals surface area contributed by atoms with E-state index in [-0.39, 0.29) is 11.8 Å². The van der Waals surface area contributed by atoms with E-state index in [1.165, 1.54) is 6.42 Å². The van der Waals surface area contributed by atoms with E-state index in [0.29, 0.717) is 11.3 Å². The molecule has 4 rings (SSSR count). The smallest absolute Gasteiger partial charge is 0.316 e. The Morgan fingerprint density at radius 1 is 0.846 bits per heavy atom. The van der Waals surface area contributed by atoms with Gasteiger partial charge in [-0.25, -0.2) is 4.79 Å². The van der Waals surface area contributed by atoms with E-state index in [1.807, 2.05) is 86.6 Å². The van der Waals surface area contributed by atoms with Crippen LogP contribution in [-0.2, 0) is 9.63 Å². The number of carbonyl (C=O) groups excluding carboxylic acids is 2. The van der Waals surface area contributed by atoms with Gasteiger partial charge in [0.1, 0.15) is 5.54 Å². The maximum absolute atomic E-state index is 13.2. The standard InChI is InChI=1S/C33H38N2O3S/c1-5-35(6-2)33(22-10-7-11-23-33)32(37)38-34-25(4)26-14-18-28(19-15-26)39-29-20-16-27(17-21-29)31(36)30-13-9-8-12-24(30)3/h8-9,12-21H,5-7,10-11,22-23H2,1-4H3. The number of aryl methyl sites for hydroxylation is 1. The molecule has 0 bridgehead atoms. The van der Waals surface area contributed by atoms with E-state index in [9.17, 15) is 9.59 Å². The predicted molar refractivity (Wildman–Crippen MR) is 159 cm³/mol. The Kier molecular flexibility index (Phi) is 9.76. The van der Waals surface area contributed by atoms with Crippen molar-refractivity contribution in [1.29, 1.82) is 0 Å². The van der Waals surface area contributed by atoms with Crippen molar-refractivity contribution in [2.24, 2.45) is 5.16 Å². The van der Waals surface area contributed by atoms with Crippen LogP contribution >= 0.6 is 11.8 Å². The molecule has 1 saturated carbocycles. The molecule has 0 N–H and O–H groups in total. The van der Waals surface area contributed by atoms with Gasteiger partial charge in [-0.05, 0) is 87.3 Å². The van der Waals surface area contributed by atoms with Crippen LogP contribution in [0.4, 0.5) is 0 Å². The van der Waals surface area contributed by atoms with Gasteiger partial charge in [0.05, 0.1) is 5.71 Å². The maximum atomic E-state index is 13.2. The number of hydrogen-bond acceptors (Lipinski definition) is 6. The zero-order valence-corrected chi connectivity index (χ0v) is 24.2. The number of benzene rings is 3. The van der Waals surface area contributed by atoms with Crippen LogP contribution in [0.15, 0.2) is 87.7 Å². The summed E-state index contributed by atoms with van der Waals surface area (Å²) in [6.07, 6.45) is 4.90. The van der Waals surface area contributed by atoms with Crippen molar-refractivity contribution in [3.05, 3.63) is 95.1 Å². The topological polar surface area (TPSA) is 59.0 Å². The molecule has 0 aromatic heterocycles. The van der Waals surface area contributed by atoms with Crippen LogP contribution in [0.1, 0.15) is 79.9 Å². The summed E-state index contributed by atoms with van der Waals surface area (Å²) in [6, 6.07) is 23.4. The third kappa shape index (κ3) is 6.68. The summed E-state index contributed by atoms with van der Waals surface area (Å²) >= 11 is 1.63. The minimum Gasteiger partial charge on any atom is -0.316 e. The Bertz CT molecular complexity index is 1310. The number of hydrogen-bond donors (Lipinski definition) is 0. The third-order valence-corrected chi connectivity index (χ3v) is 8.72. The third-order valence-electron chi connectivity index (χ3n) is 7.71. The summed E-state index contributed by atoms with van der Waals surface area (Å²) in [4.78, 5) is 36.0. The number of ketones is 1. The second kappa shape index (κ2) is 13.2. The summed E-state index contributed by atoms with van der Waals surface area (Å²) in [7, 11) is 0. The highest BCUT2D eigenvalue weighted by Gasteiger charge is 2.45. The van der Waals surface area contributed by atoms with Gasteiger partial charge < -0.3 is 4.84 Å². The highest BCUT2D eigenvalue weighted by Crippen LogP contribution is 2.35. The van der Waals surface area contributed by atoms with Crippen LogP contribution in [-0.4, -0.2) is 41.0 Å². The maximum Gasteiger partial charge on any atom is 0.355 e. The van der Waals surface area contributed by atoms with E-state index in [4.69, 9.17) is 4.84 Å². The minimum absolute atomic E-state index is 0.0379. The summed E-state index contributed by atoms with van der Waals surface area (Å²) in [5, 5.41) is 4.24. The molecule has 6 heteroatoms. The van der Waals surface area contributed by atoms with Crippen molar-refractivity contribution in [3.63, 3.8) is 0 Å². The molecule has 3 aromatic carbocycles. The fourth-order valence-corrected chi connectivity index (χ4v) is 6.24. The lowest BCUT2D eigenvalue weighted by atomic mass is 9.80. The molecule has 39 heavy (non-hydrogen) atoms. The van der Waals surface area contributed by atoms with Gasteiger partial charge in [0.25, 0.3) is 0 Å². The highest BCUT2D eigenvalue weighted by molar-refractivity contribution is 7.99. The predicted octanol–water partition coefficient (Wildman–Crippen LogP) is 7.69. The molecule has 0 spiro atoms. The van der Waals surface area contributed by atoms with Crippen LogP contribution in [0.5, 0.6) is 0 Å². The van der Waals surface area contributed by atoms with E-state index in [2.05, 4.69) is 23.9 Å². The summed E-state index contributed by atoms with van der Waals surface area (Å²) < 4.78 is 0. The number of rotatable bonds is 10. The molecule has 0 radical (unpaired) electrons. The van der Waals surface area contributed by atoms with E-state index < -0.39 is 5.54 Å². The fourth-order valence-electron chi connectivity index (χ4n) is 5.42. The van der Waals surface area contributed by atoms with Crippen LogP contribution in [0.3, 0.4) is 0 Å². The van der Waals surface area contributed by atoms with Crippen molar-refractivity contribution < 1.29 is 14.4 Å². The number of carbonyl (C=O) groups is 2. The first-order valence-electron chi connectivity index (χ1n) is 13.9. The highest BCUT2D eigenvalue weighted by atomic mass is 32.2.